The number of aliphatic hydroxyl groups excluding tert-OH is 1. The van der Waals surface area contributed by atoms with E-state index in [9.17, 15) is 14.7 Å². The lowest BCUT2D eigenvalue weighted by Crippen LogP contribution is -2.42. The van der Waals surface area contributed by atoms with Gasteiger partial charge < -0.3 is 14.7 Å². The number of carbonyl (C=O) groups excluding carboxylic acids is 2. The number of benzene rings is 1. The molecule has 2 aliphatic rings. The molecular weight excluding hydrogens is 420 g/mol. The highest BCUT2D eigenvalue weighted by Gasteiger charge is 2.46. The third-order valence-corrected chi connectivity index (χ3v) is 6.07. The lowest BCUT2D eigenvalue weighted by molar-refractivity contribution is -0.140. The number of ketones is 1. The minimum atomic E-state index is -0.728. The van der Waals surface area contributed by atoms with Crippen LogP contribution in [0.25, 0.3) is 5.76 Å². The van der Waals surface area contributed by atoms with Crippen LogP contribution in [0.1, 0.15) is 28.6 Å². The molecule has 164 valence electrons. The molecule has 0 radical (unpaired) electrons. The highest BCUT2D eigenvalue weighted by atomic mass is 35.5. The monoisotopic (exact) mass is 444 g/mol. The van der Waals surface area contributed by atoms with Gasteiger partial charge in [-0.2, -0.15) is 5.10 Å². The zero-order valence-electron chi connectivity index (χ0n) is 17.5. The van der Waals surface area contributed by atoms with E-state index in [0.717, 1.165) is 13.1 Å². The molecule has 0 spiro atoms. The topological polar surface area (TPSA) is 98.8 Å². The summed E-state index contributed by atoms with van der Waals surface area (Å²) in [6.45, 7) is 7.31. The number of amides is 1. The third-order valence-electron chi connectivity index (χ3n) is 5.83. The van der Waals surface area contributed by atoms with Crippen molar-refractivity contribution < 1.29 is 19.4 Å². The fourth-order valence-corrected chi connectivity index (χ4v) is 4.44. The van der Waals surface area contributed by atoms with Gasteiger partial charge in [0.1, 0.15) is 5.76 Å². The van der Waals surface area contributed by atoms with Crippen molar-refractivity contribution in [3.63, 3.8) is 0 Å². The molecule has 2 N–H and O–H groups in total. The van der Waals surface area contributed by atoms with Gasteiger partial charge in [-0.3, -0.25) is 19.6 Å². The summed E-state index contributed by atoms with van der Waals surface area (Å²) in [5, 5.41) is 18.6. The van der Waals surface area contributed by atoms with E-state index in [1.165, 1.54) is 4.90 Å². The average molecular weight is 445 g/mol. The van der Waals surface area contributed by atoms with Crippen LogP contribution in [0.5, 0.6) is 0 Å². The van der Waals surface area contributed by atoms with Crippen LogP contribution >= 0.6 is 11.6 Å². The maximum Gasteiger partial charge on any atom is 0.295 e. The van der Waals surface area contributed by atoms with Gasteiger partial charge in [0.25, 0.3) is 11.7 Å². The first-order valence-electron chi connectivity index (χ1n) is 10.2. The quantitative estimate of drug-likeness (QED) is 0.417. The molecular formula is C22H25ClN4O4. The molecule has 8 nitrogen and oxygen atoms in total. The summed E-state index contributed by atoms with van der Waals surface area (Å²) >= 11 is 6.22. The van der Waals surface area contributed by atoms with Crippen molar-refractivity contribution in [2.75, 3.05) is 39.4 Å². The second-order valence-electron chi connectivity index (χ2n) is 7.81. The molecule has 4 rings (SSSR count). The first-order chi connectivity index (χ1) is 14.9. The van der Waals surface area contributed by atoms with Gasteiger partial charge in [0, 0.05) is 36.9 Å². The van der Waals surface area contributed by atoms with Gasteiger partial charge in [0.2, 0.25) is 0 Å². The SMILES string of the molecule is Cc1n[nH]c(C)c1C(O)=C1C(=O)C(=O)N(CCN2CCOCC2)C1c1cccc(Cl)c1. The Hall–Kier alpha value is -2.68. The number of nitrogens with one attached hydrogen (secondary N) is 1. The van der Waals surface area contributed by atoms with E-state index in [2.05, 4.69) is 15.1 Å². The molecule has 3 heterocycles. The Balaban J connectivity index is 1.77. The Morgan fingerprint density at radius 2 is 2.00 bits per heavy atom. The zero-order chi connectivity index (χ0) is 22.1. The Kier molecular flexibility index (Phi) is 6.13. The minimum absolute atomic E-state index is 0.0573. The van der Waals surface area contributed by atoms with E-state index in [0.29, 0.717) is 53.8 Å². The molecule has 1 atom stereocenters. The van der Waals surface area contributed by atoms with Crippen molar-refractivity contribution in [2.24, 2.45) is 0 Å². The lowest BCUT2D eigenvalue weighted by Gasteiger charge is -2.31. The Bertz CT molecular complexity index is 1020. The van der Waals surface area contributed by atoms with Crippen molar-refractivity contribution in [2.45, 2.75) is 19.9 Å². The van der Waals surface area contributed by atoms with Crippen LogP contribution in [0.15, 0.2) is 29.8 Å². The van der Waals surface area contributed by atoms with Gasteiger partial charge >= 0.3 is 0 Å². The largest absolute Gasteiger partial charge is 0.507 e. The number of H-pyrrole nitrogens is 1. The smallest absolute Gasteiger partial charge is 0.295 e. The number of aryl methyl sites for hydroxylation is 2. The van der Waals surface area contributed by atoms with E-state index >= 15 is 0 Å². The first kappa shape index (κ1) is 21.5. The average Bonchev–Trinajstić information content (AvgIpc) is 3.23. The number of ether oxygens (including phenoxy) is 1. The second kappa shape index (κ2) is 8.82. The first-order valence-corrected chi connectivity index (χ1v) is 10.6. The zero-order valence-corrected chi connectivity index (χ0v) is 18.3. The number of aliphatic hydroxyl groups is 1. The maximum atomic E-state index is 13.1. The number of hydrogen-bond donors (Lipinski definition) is 2. The van der Waals surface area contributed by atoms with Crippen LogP contribution in [-0.4, -0.2) is 76.2 Å². The predicted molar refractivity (Wildman–Crippen MR) is 116 cm³/mol. The fourth-order valence-electron chi connectivity index (χ4n) is 4.24. The van der Waals surface area contributed by atoms with E-state index in [-0.39, 0.29) is 11.3 Å². The number of rotatable bonds is 5. The van der Waals surface area contributed by atoms with Gasteiger partial charge in [0.15, 0.2) is 0 Å². The van der Waals surface area contributed by atoms with Crippen molar-refractivity contribution in [1.29, 1.82) is 0 Å². The predicted octanol–water partition coefficient (Wildman–Crippen LogP) is 2.43. The number of aromatic amines is 1. The molecule has 1 unspecified atom stereocenters. The standard InChI is InChI=1S/C22H25ClN4O4/c1-13-17(14(2)25-24-13)20(28)18-19(15-4-3-5-16(23)12-15)27(22(30)21(18)29)7-6-26-8-10-31-11-9-26/h3-5,12,19,28H,6-11H2,1-2H3,(H,24,25). The summed E-state index contributed by atoms with van der Waals surface area (Å²) in [5.74, 6) is -1.55. The van der Waals surface area contributed by atoms with E-state index < -0.39 is 17.7 Å². The molecule has 2 fully saturated rings. The fraction of sp³-hybridized carbons (Fsp3) is 0.409. The number of aromatic nitrogens is 2. The lowest BCUT2D eigenvalue weighted by atomic mass is 9.94. The van der Waals surface area contributed by atoms with Crippen molar-refractivity contribution in [3.8, 4) is 0 Å². The van der Waals surface area contributed by atoms with Gasteiger partial charge in [-0.25, -0.2) is 0 Å². The molecule has 2 aromatic rings. The molecule has 0 bridgehead atoms. The van der Waals surface area contributed by atoms with Gasteiger partial charge in [-0.1, -0.05) is 23.7 Å². The van der Waals surface area contributed by atoms with Crippen LogP contribution < -0.4 is 0 Å². The molecule has 2 saturated heterocycles. The molecule has 1 aromatic heterocycles. The highest BCUT2D eigenvalue weighted by Crippen LogP contribution is 2.40. The van der Waals surface area contributed by atoms with E-state index in [1.807, 2.05) is 6.07 Å². The molecule has 0 aliphatic carbocycles. The molecule has 1 aromatic carbocycles. The Morgan fingerprint density at radius 1 is 1.26 bits per heavy atom. The molecule has 0 saturated carbocycles. The normalized spacial score (nSPS) is 21.8. The van der Waals surface area contributed by atoms with Gasteiger partial charge in [-0.15, -0.1) is 0 Å². The summed E-state index contributed by atoms with van der Waals surface area (Å²) in [4.78, 5) is 29.8. The van der Waals surface area contributed by atoms with E-state index in [4.69, 9.17) is 16.3 Å². The van der Waals surface area contributed by atoms with Crippen molar-refractivity contribution >= 4 is 29.1 Å². The van der Waals surface area contributed by atoms with Crippen LogP contribution in [-0.2, 0) is 14.3 Å². The van der Waals surface area contributed by atoms with Crippen molar-refractivity contribution in [3.05, 3.63) is 57.4 Å². The maximum absolute atomic E-state index is 13.1. The Labute approximate surface area is 185 Å². The summed E-state index contributed by atoms with van der Waals surface area (Å²) in [6, 6.07) is 6.31. The second-order valence-corrected chi connectivity index (χ2v) is 8.25. The van der Waals surface area contributed by atoms with Crippen LogP contribution in [0.2, 0.25) is 5.02 Å². The van der Waals surface area contributed by atoms with Crippen LogP contribution in [0.4, 0.5) is 0 Å². The number of nitrogens with zero attached hydrogens (tertiary/aromatic N) is 3. The van der Waals surface area contributed by atoms with E-state index in [1.54, 1.807) is 32.0 Å². The number of halogens is 1. The number of carbonyl (C=O) groups is 2. The van der Waals surface area contributed by atoms with Crippen LogP contribution in [0, 0.1) is 13.8 Å². The van der Waals surface area contributed by atoms with Crippen LogP contribution in [0.3, 0.4) is 0 Å². The summed E-state index contributed by atoms with van der Waals surface area (Å²) < 4.78 is 5.39. The summed E-state index contributed by atoms with van der Waals surface area (Å²) in [7, 11) is 0. The Morgan fingerprint density at radius 3 is 2.65 bits per heavy atom. The number of likely N-dealkylation sites (tertiary alicyclic amines) is 1. The molecule has 31 heavy (non-hydrogen) atoms. The summed E-state index contributed by atoms with van der Waals surface area (Å²) in [5.41, 5.74) is 2.35. The molecule has 1 amide bonds. The van der Waals surface area contributed by atoms with Crippen molar-refractivity contribution in [1.82, 2.24) is 20.0 Å². The number of Topliss-reactive ketones (excluding diaryl/α,β-unsaturated/α-hetero) is 1. The number of hydrogen-bond acceptors (Lipinski definition) is 6. The van der Waals surface area contributed by atoms with Gasteiger partial charge in [0.05, 0.1) is 36.1 Å². The molecule has 2 aliphatic heterocycles. The third kappa shape index (κ3) is 4.11. The van der Waals surface area contributed by atoms with Gasteiger partial charge in [-0.05, 0) is 31.5 Å². The summed E-state index contributed by atoms with van der Waals surface area (Å²) in [6.07, 6.45) is 0. The molecule has 9 heteroatoms. The number of morpholine rings is 1. The highest BCUT2D eigenvalue weighted by molar-refractivity contribution is 6.46. The minimum Gasteiger partial charge on any atom is -0.507 e.